The second kappa shape index (κ2) is 10.9. The molecule has 0 fully saturated rings. The van der Waals surface area contributed by atoms with E-state index in [0.29, 0.717) is 0 Å². The van der Waals surface area contributed by atoms with Crippen molar-refractivity contribution in [3.05, 3.63) is 0 Å². The van der Waals surface area contributed by atoms with E-state index in [1.54, 1.807) is 0 Å². The van der Waals surface area contributed by atoms with Gasteiger partial charge in [-0.15, -0.1) is 0 Å². The minimum atomic E-state index is -5.38. The Balaban J connectivity index is 5.69. The largest absolute Gasteiger partial charge is 0.421 e. The number of hydrogen-bond donors (Lipinski definition) is 1. The van der Waals surface area contributed by atoms with Gasteiger partial charge in [-0.3, -0.25) is 13.9 Å². The smallest absolute Gasteiger partial charge is 0.343 e. The highest BCUT2D eigenvalue weighted by molar-refractivity contribution is 7.56. The van der Waals surface area contributed by atoms with Crippen LogP contribution in [0.25, 0.3) is 0 Å². The lowest BCUT2D eigenvalue weighted by molar-refractivity contribution is -0.139. The molecule has 1 N–H and O–H groups in total. The van der Waals surface area contributed by atoms with Crippen LogP contribution >= 0.6 is 15.2 Å². The third-order valence-electron chi connectivity index (χ3n) is 2.88. The van der Waals surface area contributed by atoms with Gasteiger partial charge in [0.15, 0.2) is 0 Å². The highest BCUT2D eigenvalue weighted by Crippen LogP contribution is 2.65. The summed E-state index contributed by atoms with van der Waals surface area (Å²) >= 11 is 0. The molecule has 0 atom stereocenters. The third-order valence-corrected chi connectivity index (χ3v) is 7.52. The predicted molar refractivity (Wildman–Crippen MR) is 103 cm³/mol. The molecule has 0 aromatic heterocycles. The lowest BCUT2D eigenvalue weighted by Gasteiger charge is -2.31. The first kappa shape index (κ1) is 29.5. The van der Waals surface area contributed by atoms with Crippen LogP contribution in [-0.4, -0.2) is 48.2 Å². The first-order valence-corrected chi connectivity index (χ1v) is 12.4. The van der Waals surface area contributed by atoms with Gasteiger partial charge in [0, 0.05) is 0 Å². The van der Waals surface area contributed by atoms with Crippen molar-refractivity contribution in [3.8, 4) is 0 Å². The maximum Gasteiger partial charge on any atom is 0.421 e. The van der Waals surface area contributed by atoms with E-state index in [2.05, 4.69) is 9.05 Å². The Kier molecular flexibility index (Phi) is 10.7. The lowest BCUT2D eigenvalue weighted by atomic mass is 10.5. The average molecular weight is 487 g/mol. The fraction of sp³-hybridized carbons (Fsp3) is 0.938. The van der Waals surface area contributed by atoms with Crippen LogP contribution in [0.2, 0.25) is 0 Å². The van der Waals surface area contributed by atoms with Crippen molar-refractivity contribution in [1.82, 2.24) is 5.32 Å². The Morgan fingerprint density at radius 1 is 0.733 bits per heavy atom. The summed E-state index contributed by atoms with van der Waals surface area (Å²) in [6.07, 6.45) is -3.93. The zero-order valence-electron chi connectivity index (χ0n) is 18.3. The molecule has 180 valence electrons. The number of nitrogens with one attached hydrogen (secondary N) is 1. The summed E-state index contributed by atoms with van der Waals surface area (Å²) in [7, 11) is -10.5. The summed E-state index contributed by atoms with van der Waals surface area (Å²) in [4.78, 5) is 12.0. The van der Waals surface area contributed by atoms with E-state index in [0.717, 1.165) is 0 Å². The number of amides is 1. The summed E-state index contributed by atoms with van der Waals surface area (Å²) in [5.41, 5.74) is -9.14. The molecule has 1 amide bonds. The van der Waals surface area contributed by atoms with Crippen LogP contribution in [0.5, 0.6) is 0 Å². The minimum Gasteiger partial charge on any atom is -0.343 e. The third kappa shape index (κ3) is 7.88. The van der Waals surface area contributed by atoms with Crippen molar-refractivity contribution in [3.63, 3.8) is 0 Å². The van der Waals surface area contributed by atoms with Gasteiger partial charge in [-0.2, -0.15) is 17.6 Å². The molecule has 0 spiro atoms. The Morgan fingerprint density at radius 2 is 1.03 bits per heavy atom. The Bertz CT molecular complexity index is 644. The molecule has 0 radical (unpaired) electrons. The molecule has 0 saturated heterocycles. The average Bonchev–Trinajstić information content (AvgIpc) is 2.48. The molecule has 0 aliphatic carbocycles. The number of hydrogen-bond acceptors (Lipinski definition) is 7. The summed E-state index contributed by atoms with van der Waals surface area (Å²) in [6, 6.07) is 0. The second-order valence-electron chi connectivity index (χ2n) is 7.50. The predicted octanol–water partition coefficient (Wildman–Crippen LogP) is 5.37. The molecular formula is C16H31F4NO7P2. The van der Waals surface area contributed by atoms with Gasteiger partial charge in [-0.1, -0.05) is 0 Å². The standard InChI is InChI=1S/C16H31F4NO7P2/c1-10(2)25-29(23,26-11(3)4)15(17,18)9-21-14(22)16(19,20)30(24,27-12(5)6)28-13(7)8/h10-13H,9H2,1-8H3,(H,21,22). The van der Waals surface area contributed by atoms with Gasteiger partial charge in [0.2, 0.25) is 0 Å². The van der Waals surface area contributed by atoms with Crippen LogP contribution in [0.15, 0.2) is 0 Å². The molecule has 0 saturated carbocycles. The van der Waals surface area contributed by atoms with Crippen LogP contribution in [0.3, 0.4) is 0 Å². The molecule has 0 heterocycles. The highest BCUT2D eigenvalue weighted by Gasteiger charge is 2.62. The molecule has 0 aliphatic rings. The highest BCUT2D eigenvalue weighted by atomic mass is 31.2. The molecule has 0 aromatic carbocycles. The fourth-order valence-corrected chi connectivity index (χ4v) is 5.45. The molecule has 8 nitrogen and oxygen atoms in total. The molecule has 14 heteroatoms. The fourth-order valence-electron chi connectivity index (χ4n) is 1.96. The first-order valence-electron chi connectivity index (χ1n) is 9.27. The monoisotopic (exact) mass is 487 g/mol. The lowest BCUT2D eigenvalue weighted by Crippen LogP contribution is -2.46. The number of carbonyl (C=O) groups is 1. The summed E-state index contributed by atoms with van der Waals surface area (Å²) in [5.74, 6) is -2.34. The molecule has 30 heavy (non-hydrogen) atoms. The molecular weight excluding hydrogens is 456 g/mol. The van der Waals surface area contributed by atoms with Crippen LogP contribution in [0.1, 0.15) is 55.4 Å². The maximum absolute atomic E-state index is 14.6. The van der Waals surface area contributed by atoms with E-state index in [-0.39, 0.29) is 0 Å². The zero-order valence-corrected chi connectivity index (χ0v) is 20.1. The van der Waals surface area contributed by atoms with Gasteiger partial charge in [-0.05, 0) is 55.4 Å². The van der Waals surface area contributed by atoms with Gasteiger partial charge >= 0.3 is 32.4 Å². The van der Waals surface area contributed by atoms with E-state index in [4.69, 9.17) is 9.05 Å². The van der Waals surface area contributed by atoms with Crippen molar-refractivity contribution in [2.75, 3.05) is 6.54 Å². The van der Waals surface area contributed by atoms with Gasteiger partial charge < -0.3 is 23.4 Å². The first-order chi connectivity index (χ1) is 13.3. The van der Waals surface area contributed by atoms with E-state index in [9.17, 15) is 31.5 Å². The Labute approximate surface area is 174 Å². The molecule has 0 aliphatic heterocycles. The Hall–Kier alpha value is -0.510. The van der Waals surface area contributed by atoms with E-state index in [1.807, 2.05) is 0 Å². The van der Waals surface area contributed by atoms with Crippen molar-refractivity contribution >= 4 is 21.1 Å². The SMILES string of the molecule is CC(C)OP(=O)(OC(C)C)C(F)(F)CNC(=O)C(F)(F)P(=O)(OC(C)C)OC(C)C. The summed E-state index contributed by atoms with van der Waals surface area (Å²) < 4.78 is 102. The minimum absolute atomic E-state index is 0.947. The molecule has 0 aromatic rings. The van der Waals surface area contributed by atoms with Crippen molar-refractivity contribution in [2.24, 2.45) is 0 Å². The van der Waals surface area contributed by atoms with Gasteiger partial charge in [0.05, 0.1) is 31.0 Å². The number of carbonyl (C=O) groups excluding carboxylic acids is 1. The molecule has 0 bridgehead atoms. The van der Waals surface area contributed by atoms with Crippen LogP contribution < -0.4 is 5.32 Å². The molecule has 0 rings (SSSR count). The van der Waals surface area contributed by atoms with Crippen molar-refractivity contribution < 1.29 is 49.6 Å². The number of halogens is 4. The van der Waals surface area contributed by atoms with Crippen LogP contribution in [-0.2, 0) is 32.0 Å². The number of rotatable bonds is 13. The summed E-state index contributed by atoms with van der Waals surface area (Å²) in [5, 5.41) is 1.26. The van der Waals surface area contributed by atoms with E-state index >= 15 is 0 Å². The quantitative estimate of drug-likeness (QED) is 0.275. The zero-order chi connectivity index (χ0) is 24.1. The normalized spacial score (nSPS) is 14.3. The van der Waals surface area contributed by atoms with Crippen molar-refractivity contribution in [2.45, 2.75) is 91.1 Å². The van der Waals surface area contributed by atoms with Gasteiger partial charge in [0.1, 0.15) is 0 Å². The van der Waals surface area contributed by atoms with Gasteiger partial charge in [0.25, 0.3) is 0 Å². The number of alkyl halides is 4. The Morgan fingerprint density at radius 3 is 1.33 bits per heavy atom. The second-order valence-corrected chi connectivity index (χ2v) is 11.6. The van der Waals surface area contributed by atoms with Crippen LogP contribution in [0.4, 0.5) is 17.6 Å². The van der Waals surface area contributed by atoms with Crippen molar-refractivity contribution in [1.29, 1.82) is 0 Å². The topological polar surface area (TPSA) is 100 Å². The van der Waals surface area contributed by atoms with Crippen LogP contribution in [0, 0.1) is 0 Å². The van der Waals surface area contributed by atoms with Gasteiger partial charge in [-0.25, -0.2) is 0 Å². The van der Waals surface area contributed by atoms with E-state index < -0.39 is 63.4 Å². The van der Waals surface area contributed by atoms with E-state index in [1.165, 1.54) is 60.7 Å². The molecule has 0 unspecified atom stereocenters. The maximum atomic E-state index is 14.6. The summed E-state index contributed by atoms with van der Waals surface area (Å²) in [6.45, 7) is 8.58.